The smallest absolute Gasteiger partial charge is 0.257 e. The van der Waals surface area contributed by atoms with Crippen molar-refractivity contribution < 1.29 is 4.79 Å². The van der Waals surface area contributed by atoms with Crippen molar-refractivity contribution in [3.8, 4) is 0 Å². The van der Waals surface area contributed by atoms with Gasteiger partial charge in [-0.25, -0.2) is 9.97 Å². The lowest BCUT2D eigenvalue weighted by molar-refractivity contribution is 0.102. The fourth-order valence-corrected chi connectivity index (χ4v) is 1.33. The SMILES string of the molecule is O=C(Nc1ccnc(Cl)n1)c1cc[nH]c(=O)c1. The molecule has 2 heterocycles. The number of nitrogens with one attached hydrogen (secondary N) is 2. The zero-order valence-corrected chi connectivity index (χ0v) is 9.23. The van der Waals surface area contributed by atoms with E-state index in [1.807, 2.05) is 0 Å². The molecular formula is C10H7ClN4O2. The van der Waals surface area contributed by atoms with E-state index >= 15 is 0 Å². The Morgan fingerprint density at radius 2 is 2.24 bits per heavy atom. The molecule has 2 rings (SSSR count). The van der Waals surface area contributed by atoms with Crippen LogP contribution in [-0.4, -0.2) is 20.9 Å². The zero-order valence-electron chi connectivity index (χ0n) is 8.48. The van der Waals surface area contributed by atoms with Crippen LogP contribution in [0.4, 0.5) is 5.82 Å². The molecule has 0 aliphatic heterocycles. The molecule has 0 bridgehead atoms. The Morgan fingerprint density at radius 3 is 2.94 bits per heavy atom. The van der Waals surface area contributed by atoms with Crippen LogP contribution in [-0.2, 0) is 0 Å². The van der Waals surface area contributed by atoms with Crippen molar-refractivity contribution >= 4 is 23.3 Å². The lowest BCUT2D eigenvalue weighted by Crippen LogP contribution is -2.16. The van der Waals surface area contributed by atoms with E-state index in [9.17, 15) is 9.59 Å². The van der Waals surface area contributed by atoms with Crippen LogP contribution in [0.3, 0.4) is 0 Å². The van der Waals surface area contributed by atoms with Crippen LogP contribution in [0, 0.1) is 0 Å². The van der Waals surface area contributed by atoms with E-state index in [1.54, 1.807) is 0 Å². The molecule has 0 spiro atoms. The van der Waals surface area contributed by atoms with Gasteiger partial charge in [-0.2, -0.15) is 0 Å². The number of rotatable bonds is 2. The number of carbonyl (C=O) groups is 1. The van der Waals surface area contributed by atoms with Crippen molar-refractivity contribution in [1.29, 1.82) is 0 Å². The van der Waals surface area contributed by atoms with Gasteiger partial charge in [-0.05, 0) is 23.7 Å². The molecule has 0 aromatic carbocycles. The summed E-state index contributed by atoms with van der Waals surface area (Å²) in [5.74, 6) is -0.166. The molecule has 0 aliphatic carbocycles. The Bertz CT molecular complexity index is 611. The summed E-state index contributed by atoms with van der Waals surface area (Å²) in [4.78, 5) is 32.6. The first-order valence-corrected chi connectivity index (χ1v) is 5.01. The van der Waals surface area contributed by atoms with E-state index in [2.05, 4.69) is 20.3 Å². The minimum absolute atomic E-state index is 0.0358. The number of amides is 1. The van der Waals surface area contributed by atoms with Gasteiger partial charge in [0.15, 0.2) is 0 Å². The van der Waals surface area contributed by atoms with Crippen LogP contribution in [0.1, 0.15) is 10.4 Å². The minimum atomic E-state index is -0.439. The molecule has 2 aromatic heterocycles. The highest BCUT2D eigenvalue weighted by atomic mass is 35.5. The highest BCUT2D eigenvalue weighted by Gasteiger charge is 2.07. The number of pyridine rings is 1. The molecule has 0 aliphatic rings. The lowest BCUT2D eigenvalue weighted by atomic mass is 10.2. The van der Waals surface area contributed by atoms with Gasteiger partial charge in [0, 0.05) is 24.0 Å². The zero-order chi connectivity index (χ0) is 12.3. The lowest BCUT2D eigenvalue weighted by Gasteiger charge is -2.03. The Balaban J connectivity index is 2.20. The maximum atomic E-state index is 11.7. The first kappa shape index (κ1) is 11.3. The Hall–Kier alpha value is -2.21. The van der Waals surface area contributed by atoms with E-state index in [-0.39, 0.29) is 22.2 Å². The minimum Gasteiger partial charge on any atom is -0.329 e. The number of hydrogen-bond donors (Lipinski definition) is 2. The summed E-state index contributed by atoms with van der Waals surface area (Å²) in [7, 11) is 0. The van der Waals surface area contributed by atoms with Crippen LogP contribution in [0.5, 0.6) is 0 Å². The Labute approximate surface area is 101 Å². The quantitative estimate of drug-likeness (QED) is 0.781. The first-order chi connectivity index (χ1) is 8.15. The van der Waals surface area contributed by atoms with E-state index in [0.717, 1.165) is 0 Å². The predicted molar refractivity (Wildman–Crippen MR) is 62.1 cm³/mol. The van der Waals surface area contributed by atoms with Crippen LogP contribution in [0.25, 0.3) is 0 Å². The number of nitrogens with zero attached hydrogens (tertiary/aromatic N) is 2. The van der Waals surface area contributed by atoms with Crippen LogP contribution in [0.15, 0.2) is 35.4 Å². The summed E-state index contributed by atoms with van der Waals surface area (Å²) in [5.41, 5.74) is -0.109. The van der Waals surface area contributed by atoms with Gasteiger partial charge in [-0.3, -0.25) is 9.59 Å². The third kappa shape index (κ3) is 2.88. The first-order valence-electron chi connectivity index (χ1n) is 4.64. The summed E-state index contributed by atoms with van der Waals surface area (Å²) in [6.07, 6.45) is 2.81. The second-order valence-corrected chi connectivity index (χ2v) is 3.44. The average molecular weight is 251 g/mol. The second-order valence-electron chi connectivity index (χ2n) is 3.11. The molecular weight excluding hydrogens is 244 g/mol. The predicted octanol–water partition coefficient (Wildman–Crippen LogP) is 1.07. The molecule has 0 unspecified atom stereocenters. The number of H-pyrrole nitrogens is 1. The number of hydrogen-bond acceptors (Lipinski definition) is 4. The molecule has 0 saturated carbocycles. The van der Waals surface area contributed by atoms with E-state index in [0.29, 0.717) is 0 Å². The molecule has 0 atom stereocenters. The van der Waals surface area contributed by atoms with Crippen LogP contribution < -0.4 is 10.9 Å². The molecule has 0 fully saturated rings. The van der Waals surface area contributed by atoms with Crippen molar-refractivity contribution in [2.75, 3.05) is 5.32 Å². The molecule has 86 valence electrons. The highest BCUT2D eigenvalue weighted by Crippen LogP contribution is 2.07. The van der Waals surface area contributed by atoms with Crippen molar-refractivity contribution in [2.45, 2.75) is 0 Å². The van der Waals surface area contributed by atoms with Gasteiger partial charge >= 0.3 is 0 Å². The molecule has 7 heteroatoms. The third-order valence-electron chi connectivity index (χ3n) is 1.91. The van der Waals surface area contributed by atoms with E-state index in [1.165, 1.54) is 30.6 Å². The van der Waals surface area contributed by atoms with Crippen LogP contribution >= 0.6 is 11.6 Å². The molecule has 2 aromatic rings. The topological polar surface area (TPSA) is 87.7 Å². The largest absolute Gasteiger partial charge is 0.329 e. The number of carbonyl (C=O) groups excluding carboxylic acids is 1. The summed E-state index contributed by atoms with van der Waals surface area (Å²) < 4.78 is 0. The Morgan fingerprint density at radius 1 is 1.41 bits per heavy atom. The fourth-order valence-electron chi connectivity index (χ4n) is 1.18. The summed E-state index contributed by atoms with van der Waals surface area (Å²) in [5, 5.41) is 2.53. The highest BCUT2D eigenvalue weighted by molar-refractivity contribution is 6.28. The van der Waals surface area contributed by atoms with E-state index in [4.69, 9.17) is 11.6 Å². The molecule has 17 heavy (non-hydrogen) atoms. The van der Waals surface area contributed by atoms with Gasteiger partial charge < -0.3 is 10.3 Å². The van der Waals surface area contributed by atoms with Gasteiger partial charge in [0.2, 0.25) is 10.8 Å². The summed E-state index contributed by atoms with van der Waals surface area (Å²) >= 11 is 5.57. The van der Waals surface area contributed by atoms with Gasteiger partial charge in [0.25, 0.3) is 5.91 Å². The maximum absolute atomic E-state index is 11.7. The summed E-state index contributed by atoms with van der Waals surface area (Å²) in [6, 6.07) is 4.18. The fraction of sp³-hybridized carbons (Fsp3) is 0. The second kappa shape index (κ2) is 4.75. The molecule has 2 N–H and O–H groups in total. The van der Waals surface area contributed by atoms with Gasteiger partial charge in [0.05, 0.1) is 0 Å². The molecule has 1 amide bonds. The van der Waals surface area contributed by atoms with Crippen molar-refractivity contribution in [2.24, 2.45) is 0 Å². The summed E-state index contributed by atoms with van der Waals surface area (Å²) in [6.45, 7) is 0. The number of aromatic nitrogens is 3. The molecule has 6 nitrogen and oxygen atoms in total. The molecule has 0 radical (unpaired) electrons. The van der Waals surface area contributed by atoms with Gasteiger partial charge in [-0.1, -0.05) is 0 Å². The van der Waals surface area contributed by atoms with E-state index < -0.39 is 5.91 Å². The monoisotopic (exact) mass is 250 g/mol. The standard InChI is InChI=1S/C10H7ClN4O2/c11-10-13-4-2-7(15-10)14-9(17)6-1-3-12-8(16)5-6/h1-5H,(H,12,16)(H,13,14,15,17). The van der Waals surface area contributed by atoms with Crippen molar-refractivity contribution in [1.82, 2.24) is 15.0 Å². The number of aromatic amines is 1. The van der Waals surface area contributed by atoms with Gasteiger partial charge in [-0.15, -0.1) is 0 Å². The van der Waals surface area contributed by atoms with Crippen molar-refractivity contribution in [3.63, 3.8) is 0 Å². The Kier molecular flexibility index (Phi) is 3.15. The average Bonchev–Trinajstić information content (AvgIpc) is 2.29. The number of halogens is 1. The van der Waals surface area contributed by atoms with Crippen molar-refractivity contribution in [3.05, 3.63) is 51.8 Å². The normalized spacial score (nSPS) is 9.94. The number of anilines is 1. The van der Waals surface area contributed by atoms with Crippen LogP contribution in [0.2, 0.25) is 5.28 Å². The third-order valence-corrected chi connectivity index (χ3v) is 2.09. The van der Waals surface area contributed by atoms with Gasteiger partial charge in [0.1, 0.15) is 5.82 Å². The molecule has 0 saturated heterocycles. The maximum Gasteiger partial charge on any atom is 0.257 e.